The number of nitrogens with zero attached hydrogens (tertiary/aromatic N) is 1. The minimum Gasteiger partial charge on any atom is -0.459 e. The van der Waals surface area contributed by atoms with Crippen molar-refractivity contribution < 1.29 is 31.9 Å². The number of amides is 1. The molecule has 2 atom stereocenters. The number of aryl methyl sites for hydroxylation is 1. The number of fused-ring (bicyclic) bond motifs is 1. The number of halogens is 4. The topological polar surface area (TPSA) is 90.5 Å². The molecule has 0 aliphatic heterocycles. The monoisotopic (exact) mass is 526 g/mol. The van der Waals surface area contributed by atoms with E-state index in [-0.39, 0.29) is 39.4 Å². The number of hydrogen-bond donors (Lipinski definition) is 1. The standard InChI is InChI=1S/C25H26ClF3N2O5/c1-13(21(25(27,28)29)14-7-9-19-18(11-14)31(5)23(34)35-19)16-8-6-15(10-17(16)26)22(33)30-12-20(32)36-24(2,3)4/h6-11,13,21H,12H2,1-5H3,(H,30,33). The van der Waals surface area contributed by atoms with Crippen LogP contribution in [0.5, 0.6) is 0 Å². The van der Waals surface area contributed by atoms with Gasteiger partial charge in [-0.3, -0.25) is 14.2 Å². The summed E-state index contributed by atoms with van der Waals surface area (Å²) in [6, 6.07) is 7.85. The Labute approximate surface area is 210 Å². The van der Waals surface area contributed by atoms with Crippen molar-refractivity contribution in [3.05, 3.63) is 68.7 Å². The summed E-state index contributed by atoms with van der Waals surface area (Å²) in [5.41, 5.74) is -0.0908. The number of alkyl halides is 3. The number of ether oxygens (including phenoxy) is 1. The first-order valence-corrected chi connectivity index (χ1v) is 11.4. The highest BCUT2D eigenvalue weighted by molar-refractivity contribution is 6.31. The Morgan fingerprint density at radius 2 is 1.81 bits per heavy atom. The zero-order valence-corrected chi connectivity index (χ0v) is 21.1. The highest BCUT2D eigenvalue weighted by Gasteiger charge is 2.45. The van der Waals surface area contributed by atoms with Gasteiger partial charge >= 0.3 is 17.9 Å². The Hall–Kier alpha value is -3.27. The van der Waals surface area contributed by atoms with Crippen molar-refractivity contribution in [2.45, 2.75) is 51.3 Å². The summed E-state index contributed by atoms with van der Waals surface area (Å²) >= 11 is 6.32. The highest BCUT2D eigenvalue weighted by atomic mass is 35.5. The average molecular weight is 527 g/mol. The first-order chi connectivity index (χ1) is 16.6. The molecule has 0 aliphatic carbocycles. The minimum absolute atomic E-state index is 0.0292. The molecule has 0 bridgehead atoms. The maximum Gasteiger partial charge on any atom is 0.419 e. The fraction of sp³-hybridized carbons (Fsp3) is 0.400. The maximum atomic E-state index is 14.2. The van der Waals surface area contributed by atoms with Crippen LogP contribution in [0.1, 0.15) is 61.0 Å². The average Bonchev–Trinajstić information content (AvgIpc) is 3.03. The Balaban J connectivity index is 1.86. The van der Waals surface area contributed by atoms with Crippen LogP contribution in [0.15, 0.2) is 45.6 Å². The van der Waals surface area contributed by atoms with Gasteiger partial charge in [0, 0.05) is 17.6 Å². The molecule has 194 valence electrons. The minimum atomic E-state index is -4.64. The van der Waals surface area contributed by atoms with Crippen molar-refractivity contribution in [3.63, 3.8) is 0 Å². The van der Waals surface area contributed by atoms with Gasteiger partial charge in [0.15, 0.2) is 5.58 Å². The molecule has 36 heavy (non-hydrogen) atoms. The van der Waals surface area contributed by atoms with E-state index in [1.807, 2.05) is 0 Å². The lowest BCUT2D eigenvalue weighted by molar-refractivity contribution is -0.155. The Bertz CT molecular complexity index is 1350. The molecule has 7 nitrogen and oxygen atoms in total. The summed E-state index contributed by atoms with van der Waals surface area (Å²) in [5.74, 6) is -5.01. The summed E-state index contributed by atoms with van der Waals surface area (Å²) in [6.45, 7) is 6.08. The van der Waals surface area contributed by atoms with Gasteiger partial charge in [-0.05, 0) is 62.1 Å². The van der Waals surface area contributed by atoms with Gasteiger partial charge in [0.1, 0.15) is 12.1 Å². The van der Waals surface area contributed by atoms with E-state index in [0.29, 0.717) is 0 Å². The fourth-order valence-corrected chi connectivity index (χ4v) is 4.30. The summed E-state index contributed by atoms with van der Waals surface area (Å²) in [4.78, 5) is 36.0. The van der Waals surface area contributed by atoms with Crippen molar-refractivity contribution in [3.8, 4) is 0 Å². The molecule has 1 amide bonds. The van der Waals surface area contributed by atoms with E-state index in [9.17, 15) is 27.6 Å². The van der Waals surface area contributed by atoms with E-state index < -0.39 is 41.2 Å². The number of benzene rings is 2. The van der Waals surface area contributed by atoms with Crippen LogP contribution < -0.4 is 11.1 Å². The number of aromatic nitrogens is 1. The lowest BCUT2D eigenvalue weighted by atomic mass is 9.81. The molecule has 2 unspecified atom stereocenters. The van der Waals surface area contributed by atoms with Gasteiger partial charge in [0.25, 0.3) is 5.91 Å². The molecular weight excluding hydrogens is 501 g/mol. The number of carbonyl (C=O) groups is 2. The predicted molar refractivity (Wildman–Crippen MR) is 128 cm³/mol. The van der Waals surface area contributed by atoms with E-state index in [1.165, 1.54) is 50.4 Å². The van der Waals surface area contributed by atoms with Crippen LogP contribution in [-0.4, -0.2) is 34.8 Å². The molecule has 1 aromatic heterocycles. The predicted octanol–water partition coefficient (Wildman–Crippen LogP) is 5.31. The van der Waals surface area contributed by atoms with E-state index in [1.54, 1.807) is 20.8 Å². The number of esters is 1. The van der Waals surface area contributed by atoms with Crippen LogP contribution in [0.3, 0.4) is 0 Å². The van der Waals surface area contributed by atoms with Crippen LogP contribution in [0.2, 0.25) is 5.02 Å². The zero-order valence-electron chi connectivity index (χ0n) is 20.3. The number of oxazole rings is 1. The number of nitrogens with one attached hydrogen (secondary N) is 1. The van der Waals surface area contributed by atoms with Gasteiger partial charge < -0.3 is 14.5 Å². The van der Waals surface area contributed by atoms with E-state index in [4.69, 9.17) is 20.8 Å². The molecular formula is C25H26ClF3N2O5. The summed E-state index contributed by atoms with van der Waals surface area (Å²) < 4.78 is 54.0. The van der Waals surface area contributed by atoms with Crippen molar-refractivity contribution >= 4 is 34.6 Å². The lowest BCUT2D eigenvalue weighted by Crippen LogP contribution is -2.34. The molecule has 3 rings (SSSR count). The normalized spacial score (nSPS) is 13.9. The maximum absolute atomic E-state index is 14.2. The third-order valence-corrected chi connectivity index (χ3v) is 5.92. The number of carbonyl (C=O) groups excluding carboxylic acids is 2. The highest BCUT2D eigenvalue weighted by Crippen LogP contribution is 2.46. The van der Waals surface area contributed by atoms with E-state index in [0.717, 1.165) is 4.57 Å². The van der Waals surface area contributed by atoms with E-state index in [2.05, 4.69) is 5.32 Å². The summed E-state index contributed by atoms with van der Waals surface area (Å²) in [6.07, 6.45) is -4.64. The Morgan fingerprint density at radius 1 is 1.14 bits per heavy atom. The van der Waals surface area contributed by atoms with E-state index >= 15 is 0 Å². The van der Waals surface area contributed by atoms with Gasteiger partial charge in [-0.25, -0.2) is 4.79 Å². The molecule has 3 aromatic rings. The molecule has 0 aliphatic rings. The lowest BCUT2D eigenvalue weighted by Gasteiger charge is -2.28. The van der Waals surface area contributed by atoms with Gasteiger partial charge in [-0.2, -0.15) is 13.2 Å². The van der Waals surface area contributed by atoms with Crippen LogP contribution in [0, 0.1) is 0 Å². The molecule has 1 N–H and O–H groups in total. The zero-order chi connectivity index (χ0) is 27.0. The molecule has 0 saturated heterocycles. The van der Waals surface area contributed by atoms with Gasteiger partial charge in [-0.15, -0.1) is 0 Å². The second-order valence-electron chi connectivity index (χ2n) is 9.47. The van der Waals surface area contributed by atoms with Crippen LogP contribution in [0.4, 0.5) is 13.2 Å². The molecule has 0 radical (unpaired) electrons. The molecule has 0 spiro atoms. The second-order valence-corrected chi connectivity index (χ2v) is 9.87. The van der Waals surface area contributed by atoms with Gasteiger partial charge in [-0.1, -0.05) is 30.7 Å². The third kappa shape index (κ3) is 6.10. The van der Waals surface area contributed by atoms with Crippen molar-refractivity contribution in [2.24, 2.45) is 7.05 Å². The first-order valence-electron chi connectivity index (χ1n) is 11.0. The van der Waals surface area contributed by atoms with Crippen LogP contribution in [0.25, 0.3) is 11.1 Å². The first kappa shape index (κ1) is 27.3. The number of rotatable bonds is 6. The largest absolute Gasteiger partial charge is 0.459 e. The molecule has 11 heteroatoms. The summed E-state index contributed by atoms with van der Waals surface area (Å²) in [7, 11) is 1.41. The van der Waals surface area contributed by atoms with Crippen molar-refractivity contribution in [1.82, 2.24) is 9.88 Å². The molecule has 1 heterocycles. The van der Waals surface area contributed by atoms with Gasteiger partial charge in [0.05, 0.1) is 11.4 Å². The smallest absolute Gasteiger partial charge is 0.419 e. The van der Waals surface area contributed by atoms with Crippen LogP contribution in [-0.2, 0) is 16.6 Å². The quantitative estimate of drug-likeness (QED) is 0.440. The Morgan fingerprint density at radius 3 is 2.39 bits per heavy atom. The van der Waals surface area contributed by atoms with Gasteiger partial charge in [0.2, 0.25) is 0 Å². The Kier molecular flexibility index (Phi) is 7.59. The number of hydrogen-bond acceptors (Lipinski definition) is 5. The molecule has 0 fully saturated rings. The fourth-order valence-electron chi connectivity index (χ4n) is 3.95. The van der Waals surface area contributed by atoms with Crippen molar-refractivity contribution in [2.75, 3.05) is 6.54 Å². The molecule has 0 saturated carbocycles. The van der Waals surface area contributed by atoms with Crippen LogP contribution >= 0.6 is 11.6 Å². The summed E-state index contributed by atoms with van der Waals surface area (Å²) in [5, 5.41) is 2.38. The SMILES string of the molecule is CC(c1ccc(C(=O)NCC(=O)OC(C)(C)C)cc1Cl)C(c1ccc2oc(=O)n(C)c2c1)C(F)(F)F. The second kappa shape index (κ2) is 10.0. The molecule has 2 aromatic carbocycles. The van der Waals surface area contributed by atoms with Crippen molar-refractivity contribution in [1.29, 1.82) is 0 Å². The third-order valence-electron chi connectivity index (χ3n) is 5.59.